The van der Waals surface area contributed by atoms with Crippen molar-refractivity contribution < 1.29 is 9.90 Å². The molecule has 0 atom stereocenters. The van der Waals surface area contributed by atoms with E-state index in [0.29, 0.717) is 0 Å². The third kappa shape index (κ3) is 1.98. The number of thiazole rings is 1. The van der Waals surface area contributed by atoms with Crippen LogP contribution in [0.5, 0.6) is 0 Å². The van der Waals surface area contributed by atoms with Gasteiger partial charge in [-0.2, -0.15) is 0 Å². The molecule has 1 aromatic heterocycles. The number of nitrogens with zero attached hydrogens (tertiary/aromatic N) is 1. The van der Waals surface area contributed by atoms with E-state index >= 15 is 0 Å². The molecule has 0 amide bonds. The van der Waals surface area contributed by atoms with Gasteiger partial charge in [-0.15, -0.1) is 11.3 Å². The maximum atomic E-state index is 11.4. The third-order valence-corrected chi connectivity index (χ3v) is 7.26. The topological polar surface area (TPSA) is 50.2 Å². The molecule has 5 rings (SSSR count). The summed E-state index contributed by atoms with van der Waals surface area (Å²) < 4.78 is 0. The minimum absolute atomic E-state index is 0.284. The zero-order valence-electron chi connectivity index (χ0n) is 12.8. The molecular weight excluding hydrogens is 282 g/mol. The molecule has 4 saturated carbocycles. The molecule has 0 unspecified atom stereocenters. The van der Waals surface area contributed by atoms with Gasteiger partial charge in [0.15, 0.2) is 0 Å². The van der Waals surface area contributed by atoms with Crippen molar-refractivity contribution in [3.8, 4) is 0 Å². The summed E-state index contributed by atoms with van der Waals surface area (Å²) in [5.74, 6) is 1.91. The first kappa shape index (κ1) is 13.7. The minimum Gasteiger partial charge on any atom is -0.481 e. The molecule has 4 bridgehead atoms. The molecule has 1 N–H and O–H groups in total. The predicted molar refractivity (Wildman–Crippen MR) is 82.6 cm³/mol. The molecular formula is C17H23NO2S. The summed E-state index contributed by atoms with van der Waals surface area (Å²) in [5.41, 5.74) is 0.147. The normalized spacial score (nSPS) is 37.9. The largest absolute Gasteiger partial charge is 0.481 e. The van der Waals surface area contributed by atoms with E-state index in [2.05, 4.69) is 0 Å². The van der Waals surface area contributed by atoms with Crippen molar-refractivity contribution in [2.75, 3.05) is 0 Å². The van der Waals surface area contributed by atoms with E-state index in [0.717, 1.165) is 23.4 Å². The maximum absolute atomic E-state index is 11.4. The van der Waals surface area contributed by atoms with Gasteiger partial charge >= 0.3 is 5.97 Å². The summed E-state index contributed by atoms with van der Waals surface area (Å²) in [6, 6.07) is 0. The van der Waals surface area contributed by atoms with Crippen LogP contribution in [-0.2, 0) is 15.6 Å². The summed E-state index contributed by atoms with van der Waals surface area (Å²) in [4.78, 5) is 16.3. The fourth-order valence-electron chi connectivity index (χ4n) is 5.29. The second kappa shape index (κ2) is 4.31. The van der Waals surface area contributed by atoms with Crippen LogP contribution in [0, 0.1) is 17.8 Å². The van der Waals surface area contributed by atoms with Gasteiger partial charge in [0.2, 0.25) is 0 Å². The fourth-order valence-corrected chi connectivity index (χ4v) is 6.51. The van der Waals surface area contributed by atoms with Crippen molar-refractivity contribution in [2.24, 2.45) is 17.8 Å². The zero-order chi connectivity index (χ0) is 14.8. The number of hydrogen-bond acceptors (Lipinski definition) is 3. The SMILES string of the molecule is CC(C)(C(=O)O)c1csc(C23CC4CC(CC(C4)C2)C3)n1. The Morgan fingerprint density at radius 3 is 2.24 bits per heavy atom. The van der Waals surface area contributed by atoms with E-state index in [4.69, 9.17) is 4.98 Å². The first-order chi connectivity index (χ1) is 9.89. The lowest BCUT2D eigenvalue weighted by Gasteiger charge is -2.56. The fraction of sp³-hybridized carbons (Fsp3) is 0.765. The monoisotopic (exact) mass is 305 g/mol. The molecule has 4 heteroatoms. The van der Waals surface area contributed by atoms with E-state index in [1.165, 1.54) is 43.5 Å². The van der Waals surface area contributed by atoms with Crippen LogP contribution in [0.1, 0.15) is 63.1 Å². The van der Waals surface area contributed by atoms with Crippen LogP contribution >= 0.6 is 11.3 Å². The van der Waals surface area contributed by atoms with Crippen LogP contribution in [0.4, 0.5) is 0 Å². The Balaban J connectivity index is 1.68. The highest BCUT2D eigenvalue weighted by molar-refractivity contribution is 7.09. The van der Waals surface area contributed by atoms with E-state index < -0.39 is 11.4 Å². The van der Waals surface area contributed by atoms with E-state index in [1.807, 2.05) is 5.38 Å². The lowest BCUT2D eigenvalue weighted by Crippen LogP contribution is -2.48. The van der Waals surface area contributed by atoms with Crippen molar-refractivity contribution in [1.82, 2.24) is 4.98 Å². The standard InChI is InChI=1S/C17H23NO2S/c1-16(2,15(19)20)13-9-21-14(18-13)17-6-10-3-11(7-17)5-12(4-10)8-17/h9-12H,3-8H2,1-2H3,(H,19,20). The third-order valence-electron chi connectivity index (χ3n) is 6.17. The molecule has 1 heterocycles. The van der Waals surface area contributed by atoms with E-state index in [1.54, 1.807) is 25.2 Å². The molecule has 4 fully saturated rings. The highest BCUT2D eigenvalue weighted by Crippen LogP contribution is 2.61. The molecule has 0 radical (unpaired) electrons. The zero-order valence-corrected chi connectivity index (χ0v) is 13.6. The van der Waals surface area contributed by atoms with Crippen LogP contribution in [0.25, 0.3) is 0 Å². The van der Waals surface area contributed by atoms with Gasteiger partial charge in [0.05, 0.1) is 10.7 Å². The lowest BCUT2D eigenvalue weighted by molar-refractivity contribution is -0.142. The number of carboxylic acids is 1. The number of aromatic nitrogens is 1. The quantitative estimate of drug-likeness (QED) is 0.919. The van der Waals surface area contributed by atoms with Gasteiger partial charge < -0.3 is 5.11 Å². The van der Waals surface area contributed by atoms with Crippen LogP contribution in [0.3, 0.4) is 0 Å². The van der Waals surface area contributed by atoms with Crippen LogP contribution in [-0.4, -0.2) is 16.1 Å². The summed E-state index contributed by atoms with van der Waals surface area (Å²) in [7, 11) is 0. The van der Waals surface area contributed by atoms with Crippen LogP contribution in [0.15, 0.2) is 5.38 Å². The van der Waals surface area contributed by atoms with Gasteiger partial charge in [0.1, 0.15) is 5.41 Å². The molecule has 4 aliphatic carbocycles. The Morgan fingerprint density at radius 1 is 1.24 bits per heavy atom. The van der Waals surface area contributed by atoms with E-state index in [-0.39, 0.29) is 5.41 Å². The molecule has 0 saturated heterocycles. The summed E-state index contributed by atoms with van der Waals surface area (Å²) in [5, 5.41) is 12.6. The Kier molecular flexibility index (Phi) is 2.82. The molecule has 0 aromatic carbocycles. The number of carboxylic acid groups (broad SMARTS) is 1. The number of hydrogen-bond donors (Lipinski definition) is 1. The number of rotatable bonds is 3. The number of carbonyl (C=O) groups is 1. The van der Waals surface area contributed by atoms with E-state index in [9.17, 15) is 9.90 Å². The molecule has 114 valence electrons. The second-order valence-electron chi connectivity index (χ2n) is 8.17. The Hall–Kier alpha value is -0.900. The summed E-state index contributed by atoms with van der Waals surface area (Å²) in [6.45, 7) is 3.52. The molecule has 0 spiro atoms. The van der Waals surface area contributed by atoms with Crippen LogP contribution < -0.4 is 0 Å². The Labute approximate surface area is 129 Å². The highest BCUT2D eigenvalue weighted by Gasteiger charge is 2.53. The molecule has 3 nitrogen and oxygen atoms in total. The molecule has 4 aliphatic rings. The molecule has 0 aliphatic heterocycles. The van der Waals surface area contributed by atoms with Gasteiger partial charge in [0, 0.05) is 10.8 Å². The van der Waals surface area contributed by atoms with Crippen LogP contribution in [0.2, 0.25) is 0 Å². The van der Waals surface area contributed by atoms with Gasteiger partial charge in [-0.05, 0) is 70.1 Å². The molecule has 1 aromatic rings. The summed E-state index contributed by atoms with van der Waals surface area (Å²) in [6.07, 6.45) is 8.16. The van der Waals surface area contributed by atoms with Crippen molar-refractivity contribution >= 4 is 17.3 Å². The Bertz CT molecular complexity index is 554. The van der Waals surface area contributed by atoms with Crippen molar-refractivity contribution in [3.63, 3.8) is 0 Å². The maximum Gasteiger partial charge on any atom is 0.315 e. The molecule has 21 heavy (non-hydrogen) atoms. The average Bonchev–Trinajstić information content (AvgIpc) is 2.87. The highest BCUT2D eigenvalue weighted by atomic mass is 32.1. The van der Waals surface area contributed by atoms with Gasteiger partial charge in [-0.3, -0.25) is 4.79 Å². The predicted octanol–water partition coefficient (Wildman–Crippen LogP) is 3.97. The van der Waals surface area contributed by atoms with Gasteiger partial charge in [-0.1, -0.05) is 0 Å². The summed E-state index contributed by atoms with van der Waals surface area (Å²) >= 11 is 1.71. The van der Waals surface area contributed by atoms with Gasteiger partial charge in [0.25, 0.3) is 0 Å². The number of aliphatic carboxylic acids is 1. The first-order valence-electron chi connectivity index (χ1n) is 8.09. The first-order valence-corrected chi connectivity index (χ1v) is 8.97. The minimum atomic E-state index is -0.878. The average molecular weight is 305 g/mol. The smallest absolute Gasteiger partial charge is 0.315 e. The van der Waals surface area contributed by atoms with Crippen molar-refractivity contribution in [1.29, 1.82) is 0 Å². The second-order valence-corrected chi connectivity index (χ2v) is 9.02. The van der Waals surface area contributed by atoms with Gasteiger partial charge in [-0.25, -0.2) is 4.98 Å². The van der Waals surface area contributed by atoms with Crippen molar-refractivity contribution in [3.05, 3.63) is 16.1 Å². The lowest BCUT2D eigenvalue weighted by atomic mass is 9.50. The van der Waals surface area contributed by atoms with Crippen molar-refractivity contribution in [2.45, 2.75) is 63.2 Å². The Morgan fingerprint density at radius 2 is 1.76 bits per heavy atom.